The Morgan fingerprint density at radius 2 is 2.03 bits per heavy atom. The molecule has 1 saturated heterocycles. The molecule has 1 aromatic carbocycles. The van der Waals surface area contributed by atoms with Crippen molar-refractivity contribution in [2.75, 3.05) is 52.5 Å². The summed E-state index contributed by atoms with van der Waals surface area (Å²) in [6, 6.07) is 6.36. The van der Waals surface area contributed by atoms with Gasteiger partial charge in [0.25, 0.3) is 0 Å². The first-order chi connectivity index (χ1) is 13.7. The largest absolute Gasteiger partial charge is 0.493 e. The molecule has 166 valence electrons. The SMILES string of the molecule is CCNC(=NCc1ccc(C)cc1OCC1CCOC1)NCCN(CC)CC.I. The highest BCUT2D eigenvalue weighted by molar-refractivity contribution is 14.0. The van der Waals surface area contributed by atoms with Gasteiger partial charge >= 0.3 is 0 Å². The quantitative estimate of drug-likeness (QED) is 0.267. The summed E-state index contributed by atoms with van der Waals surface area (Å²) in [5, 5.41) is 6.77. The van der Waals surface area contributed by atoms with Crippen LogP contribution in [0.1, 0.15) is 38.3 Å². The zero-order chi connectivity index (χ0) is 20.2. The van der Waals surface area contributed by atoms with Crippen molar-refractivity contribution in [1.82, 2.24) is 15.5 Å². The lowest BCUT2D eigenvalue weighted by Crippen LogP contribution is -2.41. The van der Waals surface area contributed by atoms with Crippen LogP contribution in [0.2, 0.25) is 0 Å². The van der Waals surface area contributed by atoms with Gasteiger partial charge in [0.1, 0.15) is 5.75 Å². The maximum absolute atomic E-state index is 6.14. The number of nitrogens with one attached hydrogen (secondary N) is 2. The normalized spacial score (nSPS) is 16.6. The van der Waals surface area contributed by atoms with E-state index in [1.165, 1.54) is 5.56 Å². The van der Waals surface area contributed by atoms with Crippen LogP contribution in [0, 0.1) is 12.8 Å². The predicted molar refractivity (Wildman–Crippen MR) is 132 cm³/mol. The van der Waals surface area contributed by atoms with Crippen LogP contribution in [0.15, 0.2) is 23.2 Å². The first kappa shape index (κ1) is 26.0. The number of aryl methyl sites for hydroxylation is 1. The third-order valence-electron chi connectivity index (χ3n) is 5.09. The molecule has 6 nitrogen and oxygen atoms in total. The smallest absolute Gasteiger partial charge is 0.191 e. The number of guanidine groups is 1. The van der Waals surface area contributed by atoms with E-state index < -0.39 is 0 Å². The number of benzene rings is 1. The van der Waals surface area contributed by atoms with Crippen molar-refractivity contribution in [3.05, 3.63) is 29.3 Å². The number of nitrogens with zero attached hydrogens (tertiary/aromatic N) is 2. The Kier molecular flexibility index (Phi) is 13.3. The van der Waals surface area contributed by atoms with Crippen molar-refractivity contribution in [3.8, 4) is 5.75 Å². The van der Waals surface area contributed by atoms with Crippen molar-refractivity contribution in [3.63, 3.8) is 0 Å². The van der Waals surface area contributed by atoms with Gasteiger partial charge in [-0.15, -0.1) is 24.0 Å². The van der Waals surface area contributed by atoms with Crippen molar-refractivity contribution < 1.29 is 9.47 Å². The molecule has 1 fully saturated rings. The molecule has 1 aliphatic heterocycles. The minimum Gasteiger partial charge on any atom is -0.493 e. The van der Waals surface area contributed by atoms with Gasteiger partial charge in [-0.25, -0.2) is 4.99 Å². The molecule has 2 rings (SSSR count). The van der Waals surface area contributed by atoms with Crippen LogP contribution < -0.4 is 15.4 Å². The average molecular weight is 518 g/mol. The van der Waals surface area contributed by atoms with E-state index >= 15 is 0 Å². The number of hydrogen-bond acceptors (Lipinski definition) is 4. The summed E-state index contributed by atoms with van der Waals surface area (Å²) in [5.74, 6) is 2.29. The monoisotopic (exact) mass is 518 g/mol. The number of likely N-dealkylation sites (N-methyl/N-ethyl adjacent to an activating group) is 1. The van der Waals surface area contributed by atoms with E-state index in [0.29, 0.717) is 19.1 Å². The summed E-state index contributed by atoms with van der Waals surface area (Å²) in [5.41, 5.74) is 2.32. The van der Waals surface area contributed by atoms with E-state index in [4.69, 9.17) is 14.5 Å². The molecule has 1 aliphatic rings. The molecule has 0 radical (unpaired) electrons. The summed E-state index contributed by atoms with van der Waals surface area (Å²) >= 11 is 0. The number of hydrogen-bond donors (Lipinski definition) is 2. The standard InChI is InChI=1S/C22H38N4O2.HI/c1-5-23-22(24-11-12-26(6-2)7-3)25-15-20-9-8-18(4)14-21(20)28-17-19-10-13-27-16-19;/h8-9,14,19H,5-7,10-13,15-17H2,1-4H3,(H2,23,24,25);1H. The van der Waals surface area contributed by atoms with Gasteiger partial charge in [0.15, 0.2) is 5.96 Å². The van der Waals surface area contributed by atoms with Gasteiger partial charge in [-0.05, 0) is 45.0 Å². The first-order valence-electron chi connectivity index (χ1n) is 10.7. The second kappa shape index (κ2) is 14.8. The molecule has 7 heteroatoms. The van der Waals surface area contributed by atoms with E-state index in [-0.39, 0.29) is 24.0 Å². The number of rotatable bonds is 11. The van der Waals surface area contributed by atoms with Crippen LogP contribution in [0.3, 0.4) is 0 Å². The third-order valence-corrected chi connectivity index (χ3v) is 5.09. The van der Waals surface area contributed by atoms with E-state index in [1.54, 1.807) is 0 Å². The van der Waals surface area contributed by atoms with E-state index in [9.17, 15) is 0 Å². The molecule has 0 aliphatic carbocycles. The van der Waals surface area contributed by atoms with Crippen LogP contribution in [0.4, 0.5) is 0 Å². The molecule has 1 aromatic rings. The first-order valence-corrected chi connectivity index (χ1v) is 10.7. The van der Waals surface area contributed by atoms with Gasteiger partial charge in [0, 0.05) is 37.7 Å². The number of halogens is 1. The van der Waals surface area contributed by atoms with E-state index in [0.717, 1.165) is 69.6 Å². The number of aliphatic imine (C=N–C) groups is 1. The van der Waals surface area contributed by atoms with Crippen molar-refractivity contribution in [2.24, 2.45) is 10.9 Å². The van der Waals surface area contributed by atoms with Crippen molar-refractivity contribution >= 4 is 29.9 Å². The average Bonchev–Trinajstić information content (AvgIpc) is 3.22. The second-order valence-corrected chi connectivity index (χ2v) is 7.30. The highest BCUT2D eigenvalue weighted by Crippen LogP contribution is 2.23. The fourth-order valence-corrected chi connectivity index (χ4v) is 3.23. The lowest BCUT2D eigenvalue weighted by atomic mass is 10.1. The molecule has 0 bridgehead atoms. The third kappa shape index (κ3) is 9.53. The molecule has 29 heavy (non-hydrogen) atoms. The summed E-state index contributed by atoms with van der Waals surface area (Å²) in [4.78, 5) is 7.17. The molecule has 1 atom stereocenters. The highest BCUT2D eigenvalue weighted by atomic mass is 127. The van der Waals surface area contributed by atoms with Gasteiger partial charge in [0.05, 0.1) is 19.8 Å². The lowest BCUT2D eigenvalue weighted by Gasteiger charge is -2.19. The summed E-state index contributed by atoms with van der Waals surface area (Å²) < 4.78 is 11.6. The molecule has 0 amide bonds. The molecular formula is C22H39IN4O2. The Bertz CT molecular complexity index is 602. The molecule has 0 spiro atoms. The minimum absolute atomic E-state index is 0. The van der Waals surface area contributed by atoms with Crippen molar-refractivity contribution in [1.29, 1.82) is 0 Å². The molecule has 0 aromatic heterocycles. The van der Waals surface area contributed by atoms with Gasteiger partial charge in [0.2, 0.25) is 0 Å². The molecule has 0 saturated carbocycles. The fraction of sp³-hybridized carbons (Fsp3) is 0.682. The molecule has 1 unspecified atom stereocenters. The lowest BCUT2D eigenvalue weighted by molar-refractivity contribution is 0.166. The minimum atomic E-state index is 0. The van der Waals surface area contributed by atoms with Gasteiger partial charge < -0.3 is 25.0 Å². The van der Waals surface area contributed by atoms with Gasteiger partial charge in [-0.1, -0.05) is 26.0 Å². The fourth-order valence-electron chi connectivity index (χ4n) is 3.23. The van der Waals surface area contributed by atoms with Gasteiger partial charge in [-0.2, -0.15) is 0 Å². The second-order valence-electron chi connectivity index (χ2n) is 7.30. The van der Waals surface area contributed by atoms with Crippen LogP contribution in [-0.4, -0.2) is 63.4 Å². The van der Waals surface area contributed by atoms with Gasteiger partial charge in [-0.3, -0.25) is 0 Å². The molecular weight excluding hydrogens is 479 g/mol. The Labute approximate surface area is 193 Å². The zero-order valence-electron chi connectivity index (χ0n) is 18.5. The number of ether oxygens (including phenoxy) is 2. The zero-order valence-corrected chi connectivity index (χ0v) is 20.8. The Morgan fingerprint density at radius 3 is 2.69 bits per heavy atom. The topological polar surface area (TPSA) is 58.1 Å². The van der Waals surface area contributed by atoms with Crippen LogP contribution >= 0.6 is 24.0 Å². The van der Waals surface area contributed by atoms with Crippen LogP contribution in [-0.2, 0) is 11.3 Å². The maximum atomic E-state index is 6.14. The Hall–Kier alpha value is -1.06. The van der Waals surface area contributed by atoms with E-state index in [2.05, 4.69) is 61.4 Å². The van der Waals surface area contributed by atoms with Crippen LogP contribution in [0.25, 0.3) is 0 Å². The molecule has 2 N–H and O–H groups in total. The maximum Gasteiger partial charge on any atom is 0.191 e. The Morgan fingerprint density at radius 1 is 1.24 bits per heavy atom. The van der Waals surface area contributed by atoms with Crippen LogP contribution in [0.5, 0.6) is 5.75 Å². The Balaban J connectivity index is 0.00000420. The molecule has 1 heterocycles. The highest BCUT2D eigenvalue weighted by Gasteiger charge is 2.17. The van der Waals surface area contributed by atoms with E-state index in [1.807, 2.05) is 0 Å². The predicted octanol–water partition coefficient (Wildman–Crippen LogP) is 3.43. The summed E-state index contributed by atoms with van der Waals surface area (Å²) in [7, 11) is 0. The summed E-state index contributed by atoms with van der Waals surface area (Å²) in [6.07, 6.45) is 1.08. The summed E-state index contributed by atoms with van der Waals surface area (Å²) in [6.45, 7) is 16.4. The van der Waals surface area contributed by atoms with Crippen molar-refractivity contribution in [2.45, 2.75) is 40.7 Å².